The molecule has 0 amide bonds. The van der Waals surface area contributed by atoms with Gasteiger partial charge in [-0.25, -0.2) is 13.4 Å². The van der Waals surface area contributed by atoms with E-state index >= 15 is 0 Å². The summed E-state index contributed by atoms with van der Waals surface area (Å²) in [5.41, 5.74) is 4.91. The van der Waals surface area contributed by atoms with Gasteiger partial charge in [-0.3, -0.25) is 19.6 Å². The van der Waals surface area contributed by atoms with Gasteiger partial charge in [0.1, 0.15) is 16.3 Å². The van der Waals surface area contributed by atoms with Crippen molar-refractivity contribution in [3.8, 4) is 5.75 Å². The van der Waals surface area contributed by atoms with Crippen molar-refractivity contribution in [1.82, 2.24) is 29.7 Å². The number of sulfonamides is 1. The number of rotatable bonds is 10. The van der Waals surface area contributed by atoms with Crippen LogP contribution in [0, 0.1) is 0 Å². The first kappa shape index (κ1) is 32.6. The molecule has 15 heteroatoms. The lowest BCUT2D eigenvalue weighted by Crippen LogP contribution is -2.52. The summed E-state index contributed by atoms with van der Waals surface area (Å²) in [4.78, 5) is 25.4. The molecule has 254 valence electrons. The number of anilines is 6. The van der Waals surface area contributed by atoms with Crippen LogP contribution in [0.3, 0.4) is 0 Å². The van der Waals surface area contributed by atoms with E-state index in [1.165, 1.54) is 36.5 Å². The number of hydrogen-bond acceptors (Lipinski definition) is 12. The summed E-state index contributed by atoms with van der Waals surface area (Å²) < 4.78 is 33.0. The summed E-state index contributed by atoms with van der Waals surface area (Å²) in [7, 11) is 0.249. The van der Waals surface area contributed by atoms with Crippen molar-refractivity contribution in [3.05, 3.63) is 53.4 Å². The smallest absolute Gasteiger partial charge is 0.229 e. The predicted octanol–water partition coefficient (Wildman–Crippen LogP) is 5.03. The Morgan fingerprint density at radius 3 is 2.38 bits per heavy atom. The predicted molar refractivity (Wildman–Crippen MR) is 191 cm³/mol. The van der Waals surface area contributed by atoms with Crippen molar-refractivity contribution in [1.29, 1.82) is 0 Å². The minimum atomic E-state index is -3.63. The molecule has 3 aliphatic rings. The molecule has 2 saturated heterocycles. The lowest BCUT2D eigenvalue weighted by molar-refractivity contribution is 0.0982. The van der Waals surface area contributed by atoms with E-state index < -0.39 is 10.0 Å². The monoisotopic (exact) mass is 692 g/mol. The molecule has 2 aliphatic heterocycles. The van der Waals surface area contributed by atoms with E-state index in [9.17, 15) is 8.42 Å². The highest BCUT2D eigenvalue weighted by atomic mass is 35.5. The van der Waals surface area contributed by atoms with E-state index in [-0.39, 0.29) is 16.5 Å². The normalized spacial score (nSPS) is 18.2. The fourth-order valence-electron chi connectivity index (χ4n) is 6.70. The fraction of sp³-hybridized carbons (Fsp3) is 0.455. The molecule has 4 heterocycles. The SMILES string of the molecule is COc1cc(N2CCC(N3CCN(C)CC3)CC2)c(C2CC2)cc1Nc1ncc(Cl)c(Nc2ccc3nccnc3c2NS(C)(=O)=O)n1. The van der Waals surface area contributed by atoms with Gasteiger partial charge >= 0.3 is 0 Å². The lowest BCUT2D eigenvalue weighted by Gasteiger charge is -2.43. The summed E-state index contributed by atoms with van der Waals surface area (Å²) in [6, 6.07) is 8.42. The van der Waals surface area contributed by atoms with Crippen LogP contribution in [-0.4, -0.2) is 104 Å². The Labute approximate surface area is 286 Å². The maximum atomic E-state index is 12.3. The average Bonchev–Trinajstić information content (AvgIpc) is 3.93. The standard InChI is InChI=1S/C33H41ClN10O3S/c1-42-14-16-43(17-15-42)22-8-12-44(13-9-22)28-19-29(47-2)27(18-23(28)21-4-5-21)39-33-37-20-24(34)32(40-33)38-26-7-6-25-30(36-11-10-35-25)31(26)41-48(3,45)46/h6-7,10-11,18-22,41H,4-5,8-9,12-17H2,1-3H3,(H2,37,38,39,40). The van der Waals surface area contributed by atoms with Crippen LogP contribution in [0.15, 0.2) is 42.9 Å². The molecular formula is C33H41ClN10O3S. The van der Waals surface area contributed by atoms with Crippen LogP contribution in [0.4, 0.5) is 34.5 Å². The van der Waals surface area contributed by atoms with Gasteiger partial charge in [-0.05, 0) is 62.4 Å². The van der Waals surface area contributed by atoms with Gasteiger partial charge in [0.15, 0.2) is 5.82 Å². The minimum Gasteiger partial charge on any atom is -0.494 e. The van der Waals surface area contributed by atoms with Crippen molar-refractivity contribution in [2.45, 2.75) is 37.6 Å². The zero-order chi connectivity index (χ0) is 33.4. The van der Waals surface area contributed by atoms with Crippen LogP contribution in [0.1, 0.15) is 37.2 Å². The molecule has 3 N–H and O–H groups in total. The van der Waals surface area contributed by atoms with Gasteiger partial charge < -0.3 is 25.2 Å². The third-order valence-electron chi connectivity index (χ3n) is 9.40. The number of fused-ring (bicyclic) bond motifs is 1. The molecular weight excluding hydrogens is 652 g/mol. The highest BCUT2D eigenvalue weighted by Crippen LogP contribution is 2.48. The molecule has 0 radical (unpaired) electrons. The van der Waals surface area contributed by atoms with Gasteiger partial charge in [-0.15, -0.1) is 0 Å². The Morgan fingerprint density at radius 2 is 1.67 bits per heavy atom. The molecule has 2 aromatic heterocycles. The van der Waals surface area contributed by atoms with E-state index in [2.05, 4.69) is 69.2 Å². The average molecular weight is 693 g/mol. The van der Waals surface area contributed by atoms with E-state index in [0.717, 1.165) is 64.1 Å². The Hall–Kier alpha value is -3.98. The highest BCUT2D eigenvalue weighted by molar-refractivity contribution is 7.92. The molecule has 0 spiro atoms. The van der Waals surface area contributed by atoms with Crippen LogP contribution < -0.4 is 25.0 Å². The first-order valence-electron chi connectivity index (χ1n) is 16.3. The second-order valence-corrected chi connectivity index (χ2v) is 15.0. The van der Waals surface area contributed by atoms with Crippen LogP contribution >= 0.6 is 11.6 Å². The van der Waals surface area contributed by atoms with Crippen molar-refractivity contribution in [3.63, 3.8) is 0 Å². The number of nitrogens with zero attached hydrogens (tertiary/aromatic N) is 7. The van der Waals surface area contributed by atoms with Crippen molar-refractivity contribution in [2.75, 3.05) is 79.9 Å². The van der Waals surface area contributed by atoms with E-state index in [0.29, 0.717) is 40.4 Å². The fourth-order valence-corrected chi connectivity index (χ4v) is 7.41. The number of benzene rings is 2. The Kier molecular flexibility index (Phi) is 9.16. The number of hydrogen-bond donors (Lipinski definition) is 3. The highest BCUT2D eigenvalue weighted by Gasteiger charge is 2.32. The third-order valence-corrected chi connectivity index (χ3v) is 10.2. The molecule has 1 saturated carbocycles. The number of piperazine rings is 1. The molecule has 0 atom stereocenters. The van der Waals surface area contributed by atoms with Crippen molar-refractivity contribution >= 4 is 67.2 Å². The first-order valence-corrected chi connectivity index (χ1v) is 18.6. The molecule has 0 unspecified atom stereocenters. The zero-order valence-corrected chi connectivity index (χ0v) is 29.0. The zero-order valence-electron chi connectivity index (χ0n) is 27.4. The second kappa shape index (κ2) is 13.5. The number of nitrogens with one attached hydrogen (secondary N) is 3. The first-order chi connectivity index (χ1) is 23.1. The van der Waals surface area contributed by atoms with Crippen molar-refractivity contribution in [2.24, 2.45) is 0 Å². The molecule has 13 nitrogen and oxygen atoms in total. The van der Waals surface area contributed by atoms with E-state index in [1.807, 2.05) is 0 Å². The Balaban J connectivity index is 1.13. The molecule has 3 fully saturated rings. The Morgan fingerprint density at radius 1 is 0.917 bits per heavy atom. The summed E-state index contributed by atoms with van der Waals surface area (Å²) in [6.45, 7) is 6.65. The van der Waals surface area contributed by atoms with Crippen LogP contribution in [0.2, 0.25) is 5.02 Å². The van der Waals surface area contributed by atoms with E-state index in [1.54, 1.807) is 25.4 Å². The largest absolute Gasteiger partial charge is 0.494 e. The van der Waals surface area contributed by atoms with Crippen LogP contribution in [0.5, 0.6) is 5.75 Å². The summed E-state index contributed by atoms with van der Waals surface area (Å²) in [6.07, 6.45) is 10.3. The number of halogens is 1. The van der Waals surface area contributed by atoms with Crippen molar-refractivity contribution < 1.29 is 13.2 Å². The van der Waals surface area contributed by atoms with Gasteiger partial charge in [0.2, 0.25) is 16.0 Å². The maximum absolute atomic E-state index is 12.3. The lowest BCUT2D eigenvalue weighted by atomic mass is 9.99. The molecule has 0 bridgehead atoms. The third kappa shape index (κ3) is 7.21. The molecule has 7 rings (SSSR count). The van der Waals surface area contributed by atoms with Gasteiger partial charge in [-0.1, -0.05) is 11.6 Å². The number of likely N-dealkylation sites (N-methyl/N-ethyl adjacent to an activating group) is 1. The molecule has 2 aromatic carbocycles. The van der Waals surface area contributed by atoms with Gasteiger partial charge in [0.25, 0.3) is 0 Å². The van der Waals surface area contributed by atoms with Crippen LogP contribution in [-0.2, 0) is 10.0 Å². The number of ether oxygens (including phenoxy) is 1. The summed E-state index contributed by atoms with van der Waals surface area (Å²) in [5, 5.41) is 6.78. The summed E-state index contributed by atoms with van der Waals surface area (Å²) in [5.74, 6) is 1.81. The van der Waals surface area contributed by atoms with Crippen LogP contribution in [0.25, 0.3) is 11.0 Å². The van der Waals surface area contributed by atoms with Gasteiger partial charge in [0, 0.05) is 69.5 Å². The van der Waals surface area contributed by atoms with Gasteiger partial charge in [0.05, 0.1) is 42.1 Å². The van der Waals surface area contributed by atoms with E-state index in [4.69, 9.17) is 16.3 Å². The summed E-state index contributed by atoms with van der Waals surface area (Å²) >= 11 is 6.54. The minimum absolute atomic E-state index is 0.242. The molecule has 1 aliphatic carbocycles. The molecule has 4 aromatic rings. The number of piperidine rings is 1. The number of methoxy groups -OCH3 is 1. The number of aromatic nitrogens is 4. The quantitative estimate of drug-likeness (QED) is 0.205. The maximum Gasteiger partial charge on any atom is 0.229 e. The Bertz CT molecular complexity index is 1910. The second-order valence-electron chi connectivity index (χ2n) is 12.9. The molecule has 48 heavy (non-hydrogen) atoms. The van der Waals surface area contributed by atoms with Gasteiger partial charge in [-0.2, -0.15) is 4.98 Å². The topological polar surface area (TPSA) is 141 Å².